The van der Waals surface area contributed by atoms with E-state index in [2.05, 4.69) is 252 Å². The van der Waals surface area contributed by atoms with Gasteiger partial charge in [-0.05, 0) is 151 Å². The Bertz CT molecular complexity index is 4910. The summed E-state index contributed by atoms with van der Waals surface area (Å²) in [5, 5.41) is 18.8. The lowest BCUT2D eigenvalue weighted by Crippen LogP contribution is -1.94. The lowest BCUT2D eigenvalue weighted by molar-refractivity contribution is 0.669. The SMILES string of the molecule is c1ccc(-n2c3ccccc3c3cc4c(cc32)c(-c2cccc3c2oc2ccccc23)cc2cc3c(cc(-c5cccc6c5oc5ccccc56)c5cc6c(cc53)c3ccccc3n6-c3ccccc3)cc24)cc1. The summed E-state index contributed by atoms with van der Waals surface area (Å²) in [5.74, 6) is 0. The maximum Gasteiger partial charge on any atom is 0.143 e. The van der Waals surface area contributed by atoms with Gasteiger partial charge in [0.25, 0.3) is 0 Å². The lowest BCUT2D eigenvalue weighted by atomic mass is 9.87. The number of fused-ring (bicyclic) bond motifs is 18. The summed E-state index contributed by atoms with van der Waals surface area (Å²) < 4.78 is 18.6. The molecule has 17 aromatic rings. The third-order valence-electron chi connectivity index (χ3n) is 16.0. The fourth-order valence-corrected chi connectivity index (χ4v) is 12.8. The van der Waals surface area contributed by atoms with Gasteiger partial charge >= 0.3 is 0 Å². The van der Waals surface area contributed by atoms with E-state index in [0.29, 0.717) is 0 Å². The molecule has 0 amide bonds. The molecule has 4 heterocycles. The van der Waals surface area contributed by atoms with Crippen LogP contribution in [0.5, 0.6) is 0 Å². The van der Waals surface area contributed by atoms with Crippen LogP contribution in [0, 0.1) is 0 Å². The molecule has 0 atom stereocenters. The van der Waals surface area contributed by atoms with Crippen molar-refractivity contribution in [3.63, 3.8) is 0 Å². The van der Waals surface area contributed by atoms with E-state index < -0.39 is 0 Å². The Hall–Kier alpha value is -9.90. The highest BCUT2D eigenvalue weighted by Crippen LogP contribution is 2.48. The summed E-state index contributed by atoms with van der Waals surface area (Å²) in [6, 6.07) is 88.8. The largest absolute Gasteiger partial charge is 0.455 e. The summed E-state index contributed by atoms with van der Waals surface area (Å²) in [7, 11) is 0. The zero-order valence-corrected chi connectivity index (χ0v) is 39.8. The van der Waals surface area contributed by atoms with Gasteiger partial charge in [-0.2, -0.15) is 0 Å². The number of hydrogen-bond acceptors (Lipinski definition) is 2. The zero-order valence-electron chi connectivity index (χ0n) is 39.8. The number of nitrogens with zero attached hydrogens (tertiary/aromatic N) is 2. The molecule has 4 nitrogen and oxygen atoms in total. The van der Waals surface area contributed by atoms with Crippen molar-refractivity contribution >= 4 is 131 Å². The Morgan fingerprint density at radius 2 is 0.608 bits per heavy atom. The average molecular weight is 941 g/mol. The van der Waals surface area contributed by atoms with Crippen LogP contribution in [0.15, 0.2) is 251 Å². The molecule has 0 N–H and O–H groups in total. The number of rotatable bonds is 4. The van der Waals surface area contributed by atoms with E-state index in [9.17, 15) is 0 Å². The average Bonchev–Trinajstić information content (AvgIpc) is 4.22. The highest BCUT2D eigenvalue weighted by molar-refractivity contribution is 6.29. The van der Waals surface area contributed by atoms with Gasteiger partial charge in [-0.1, -0.05) is 146 Å². The van der Waals surface area contributed by atoms with Gasteiger partial charge in [0.2, 0.25) is 0 Å². The number of aromatic nitrogens is 2. The normalized spacial score (nSPS) is 12.3. The third kappa shape index (κ3) is 5.46. The second kappa shape index (κ2) is 14.8. The first-order chi connectivity index (χ1) is 36.7. The molecule has 74 heavy (non-hydrogen) atoms. The fourth-order valence-electron chi connectivity index (χ4n) is 12.8. The van der Waals surface area contributed by atoms with E-state index in [1.54, 1.807) is 0 Å². The smallest absolute Gasteiger partial charge is 0.143 e. The molecule has 17 rings (SSSR count). The summed E-state index contributed by atoms with van der Waals surface area (Å²) in [6.07, 6.45) is 0. The van der Waals surface area contributed by atoms with Gasteiger partial charge in [0.15, 0.2) is 0 Å². The molecule has 0 aliphatic carbocycles. The van der Waals surface area contributed by atoms with Crippen LogP contribution in [0.2, 0.25) is 0 Å². The summed E-state index contributed by atoms with van der Waals surface area (Å²) >= 11 is 0. The van der Waals surface area contributed by atoms with E-state index in [4.69, 9.17) is 8.83 Å². The van der Waals surface area contributed by atoms with Crippen LogP contribution in [0.25, 0.3) is 164 Å². The van der Waals surface area contributed by atoms with Gasteiger partial charge in [-0.15, -0.1) is 0 Å². The first-order valence-corrected chi connectivity index (χ1v) is 25.4. The zero-order chi connectivity index (χ0) is 48.2. The number of hydrogen-bond donors (Lipinski definition) is 0. The number of furan rings is 2. The minimum atomic E-state index is 0.887. The Morgan fingerprint density at radius 3 is 1.07 bits per heavy atom. The highest BCUT2D eigenvalue weighted by atomic mass is 16.3. The maximum atomic E-state index is 6.86. The fraction of sp³-hybridized carbons (Fsp3) is 0. The summed E-state index contributed by atoms with van der Waals surface area (Å²) in [4.78, 5) is 0. The van der Waals surface area contributed by atoms with Crippen molar-refractivity contribution in [1.82, 2.24) is 9.13 Å². The lowest BCUT2D eigenvalue weighted by Gasteiger charge is -2.17. The van der Waals surface area contributed by atoms with Crippen molar-refractivity contribution in [3.8, 4) is 33.6 Å². The Labute approximate surface area is 422 Å². The summed E-state index contributed by atoms with van der Waals surface area (Å²) in [5.41, 5.74) is 14.9. The Balaban J connectivity index is 1.05. The van der Waals surface area contributed by atoms with Crippen LogP contribution in [0.4, 0.5) is 0 Å². The molecule has 0 bridgehead atoms. The van der Waals surface area contributed by atoms with Crippen molar-refractivity contribution < 1.29 is 8.83 Å². The second-order valence-electron chi connectivity index (χ2n) is 19.9. The molecule has 4 heteroatoms. The molecular formula is C70H40N2O2. The van der Waals surface area contributed by atoms with Gasteiger partial charge in [-0.3, -0.25) is 0 Å². The summed E-state index contributed by atoms with van der Waals surface area (Å²) in [6.45, 7) is 0. The van der Waals surface area contributed by atoms with Crippen LogP contribution in [0.3, 0.4) is 0 Å². The van der Waals surface area contributed by atoms with Crippen molar-refractivity contribution in [1.29, 1.82) is 0 Å². The predicted octanol–water partition coefficient (Wildman–Crippen LogP) is 19.6. The van der Waals surface area contributed by atoms with E-state index in [1.165, 1.54) is 75.7 Å². The van der Waals surface area contributed by atoms with Gasteiger partial charge in [-0.25, -0.2) is 0 Å². The van der Waals surface area contributed by atoms with Gasteiger partial charge in [0, 0.05) is 65.6 Å². The molecule has 0 saturated carbocycles. The Kier molecular flexibility index (Phi) is 7.97. The molecule has 13 aromatic carbocycles. The van der Waals surface area contributed by atoms with Crippen LogP contribution in [-0.2, 0) is 0 Å². The van der Waals surface area contributed by atoms with Crippen LogP contribution in [-0.4, -0.2) is 9.13 Å². The molecule has 0 saturated heterocycles. The van der Waals surface area contributed by atoms with E-state index >= 15 is 0 Å². The van der Waals surface area contributed by atoms with Gasteiger partial charge in [0.05, 0.1) is 22.1 Å². The maximum absolute atomic E-state index is 6.86. The molecule has 0 radical (unpaired) electrons. The minimum Gasteiger partial charge on any atom is -0.455 e. The van der Waals surface area contributed by atoms with E-state index in [-0.39, 0.29) is 0 Å². The van der Waals surface area contributed by atoms with E-state index in [1.807, 2.05) is 0 Å². The monoisotopic (exact) mass is 940 g/mol. The number of benzene rings is 13. The minimum absolute atomic E-state index is 0.887. The van der Waals surface area contributed by atoms with Crippen LogP contribution in [0.1, 0.15) is 0 Å². The first-order valence-electron chi connectivity index (χ1n) is 25.4. The van der Waals surface area contributed by atoms with Crippen molar-refractivity contribution in [2.24, 2.45) is 0 Å². The molecule has 0 aliphatic rings. The topological polar surface area (TPSA) is 36.1 Å². The van der Waals surface area contributed by atoms with Crippen molar-refractivity contribution in [3.05, 3.63) is 243 Å². The van der Waals surface area contributed by atoms with Crippen LogP contribution >= 0.6 is 0 Å². The van der Waals surface area contributed by atoms with Gasteiger partial charge in [0.1, 0.15) is 22.3 Å². The predicted molar refractivity (Wildman–Crippen MR) is 311 cm³/mol. The number of para-hydroxylation sites is 8. The standard InChI is InChI=1S/C70H40N2O2/c1-3-17-43(18-4-1)71-63-29-11-7-21-45(63)61-37-57-53-33-42-36-56(52-28-16-26-50-48-24-10-14-32-68(48)74-70(50)52)60-40-66-62(46-22-8-12-30-64(46)72(66)44-19-5-2-6-20-44)38-58(60)54(42)34-41(53)35-55(59(57)39-65(61)71)51-27-15-25-49-47-23-9-13-31-67(47)73-69(49)51/h1-40H. The quantitative estimate of drug-likeness (QED) is 0.130. The molecule has 0 spiro atoms. The van der Waals surface area contributed by atoms with Crippen LogP contribution < -0.4 is 0 Å². The van der Waals surface area contributed by atoms with Crippen molar-refractivity contribution in [2.45, 2.75) is 0 Å². The molecular weight excluding hydrogens is 901 g/mol. The molecule has 0 fully saturated rings. The van der Waals surface area contributed by atoms with Crippen molar-refractivity contribution in [2.75, 3.05) is 0 Å². The molecule has 0 aliphatic heterocycles. The third-order valence-corrected chi connectivity index (χ3v) is 16.0. The van der Waals surface area contributed by atoms with E-state index in [0.717, 1.165) is 88.5 Å². The second-order valence-corrected chi connectivity index (χ2v) is 19.9. The molecule has 342 valence electrons. The van der Waals surface area contributed by atoms with Gasteiger partial charge < -0.3 is 18.0 Å². The molecule has 0 unspecified atom stereocenters. The first kappa shape index (κ1) is 39.8. The molecule has 4 aromatic heterocycles. The Morgan fingerprint density at radius 1 is 0.216 bits per heavy atom. The highest BCUT2D eigenvalue weighted by Gasteiger charge is 2.23.